The van der Waals surface area contributed by atoms with Crippen LogP contribution in [0.25, 0.3) is 10.8 Å². The second-order valence-electron chi connectivity index (χ2n) is 8.94. The Labute approximate surface area is 189 Å². The van der Waals surface area contributed by atoms with Crippen LogP contribution in [0.4, 0.5) is 0 Å². The fourth-order valence-corrected chi connectivity index (χ4v) is 5.53. The number of rotatable bonds is 6. The van der Waals surface area contributed by atoms with Gasteiger partial charge in [0.05, 0.1) is 13.2 Å². The molecule has 5 rings (SSSR count). The second-order valence-corrected chi connectivity index (χ2v) is 8.94. The number of hydrogen-bond donors (Lipinski definition) is 2. The lowest BCUT2D eigenvalue weighted by Crippen LogP contribution is -2.47. The first kappa shape index (κ1) is 21.0. The van der Waals surface area contributed by atoms with Crippen LogP contribution in [0.2, 0.25) is 0 Å². The van der Waals surface area contributed by atoms with Gasteiger partial charge in [-0.1, -0.05) is 54.6 Å². The van der Waals surface area contributed by atoms with Crippen LogP contribution in [0, 0.1) is 0 Å². The first-order chi connectivity index (χ1) is 15.7. The number of fused-ring (bicyclic) bond motifs is 2. The van der Waals surface area contributed by atoms with Gasteiger partial charge in [-0.25, -0.2) is 0 Å². The van der Waals surface area contributed by atoms with Crippen molar-refractivity contribution in [1.82, 2.24) is 15.5 Å². The third kappa shape index (κ3) is 3.87. The lowest BCUT2D eigenvalue weighted by atomic mass is 10.0. The number of amides is 1. The summed E-state index contributed by atoms with van der Waals surface area (Å²) in [6.45, 7) is 1.67. The van der Waals surface area contributed by atoms with Crippen LogP contribution in [0.3, 0.4) is 0 Å². The quantitative estimate of drug-likeness (QED) is 0.631. The van der Waals surface area contributed by atoms with E-state index in [0.717, 1.165) is 43.5 Å². The summed E-state index contributed by atoms with van der Waals surface area (Å²) in [7, 11) is 3.46. The van der Waals surface area contributed by atoms with Gasteiger partial charge in [0, 0.05) is 37.6 Å². The van der Waals surface area contributed by atoms with E-state index in [4.69, 9.17) is 4.74 Å². The number of carbonyl (C=O) groups excluding carboxylic acids is 1. The highest BCUT2D eigenvalue weighted by Crippen LogP contribution is 2.32. The number of methoxy groups -OCH3 is 1. The lowest BCUT2D eigenvalue weighted by Gasteiger charge is -2.29. The normalized spacial score (nSPS) is 21.1. The molecule has 2 N–H and O–H groups in total. The highest BCUT2D eigenvalue weighted by atomic mass is 16.5. The summed E-state index contributed by atoms with van der Waals surface area (Å²) in [6, 6.07) is 21.8. The van der Waals surface area contributed by atoms with Gasteiger partial charge in [-0.05, 0) is 47.4 Å². The van der Waals surface area contributed by atoms with Gasteiger partial charge in [-0.3, -0.25) is 9.69 Å². The second kappa shape index (κ2) is 8.93. The van der Waals surface area contributed by atoms with E-state index in [9.17, 15) is 4.79 Å². The number of likely N-dealkylation sites (N-methyl/N-ethyl adjacent to an activating group) is 1. The maximum atomic E-state index is 12.7. The summed E-state index contributed by atoms with van der Waals surface area (Å²) in [6.07, 6.45) is 2.89. The molecule has 3 aromatic carbocycles. The average Bonchev–Trinajstić information content (AvgIpc) is 3.46. The van der Waals surface area contributed by atoms with E-state index >= 15 is 0 Å². The molecule has 1 saturated heterocycles. The minimum absolute atomic E-state index is 0.0792. The monoisotopic (exact) mass is 429 g/mol. The van der Waals surface area contributed by atoms with Crippen LogP contribution in [-0.2, 0) is 24.2 Å². The van der Waals surface area contributed by atoms with Crippen molar-refractivity contribution in [3.05, 3.63) is 77.4 Å². The maximum Gasteiger partial charge on any atom is 0.237 e. The molecule has 1 aliphatic heterocycles. The van der Waals surface area contributed by atoms with Crippen LogP contribution in [0.5, 0.6) is 5.75 Å². The largest absolute Gasteiger partial charge is 0.496 e. The van der Waals surface area contributed by atoms with Crippen molar-refractivity contribution < 1.29 is 9.53 Å². The number of nitrogens with one attached hydrogen (secondary N) is 2. The molecule has 3 aromatic rings. The van der Waals surface area contributed by atoms with Crippen LogP contribution in [0.15, 0.2) is 60.7 Å². The summed E-state index contributed by atoms with van der Waals surface area (Å²) in [5.74, 6) is 1.03. The molecule has 1 amide bonds. The van der Waals surface area contributed by atoms with Crippen molar-refractivity contribution in [1.29, 1.82) is 0 Å². The smallest absolute Gasteiger partial charge is 0.237 e. The Morgan fingerprint density at radius 2 is 1.69 bits per heavy atom. The minimum Gasteiger partial charge on any atom is -0.496 e. The van der Waals surface area contributed by atoms with Crippen LogP contribution in [0.1, 0.15) is 23.1 Å². The van der Waals surface area contributed by atoms with Gasteiger partial charge in [0.15, 0.2) is 0 Å². The third-order valence-electron chi connectivity index (χ3n) is 7.16. The van der Waals surface area contributed by atoms with E-state index in [0.29, 0.717) is 6.04 Å². The fraction of sp³-hybridized carbons (Fsp3) is 0.370. The number of nitrogens with zero attached hydrogens (tertiary/aromatic N) is 1. The Bertz CT molecular complexity index is 1100. The van der Waals surface area contributed by atoms with E-state index in [-0.39, 0.29) is 18.0 Å². The molecule has 5 heteroatoms. The third-order valence-corrected chi connectivity index (χ3v) is 7.16. The van der Waals surface area contributed by atoms with E-state index in [2.05, 4.69) is 64.1 Å². The fourth-order valence-electron chi connectivity index (χ4n) is 5.53. The molecular formula is C27H31N3O2. The van der Waals surface area contributed by atoms with Gasteiger partial charge in [-0.15, -0.1) is 0 Å². The SMILES string of the molecule is CNC(=O)[C@@H]1C[C@H](NCc2ccc(OC)c3ccccc23)CN1C1Cc2ccccc2C1. The number of hydrogen-bond acceptors (Lipinski definition) is 4. The standard InChI is InChI=1S/C27H31N3O2/c1-28-27(31)25-15-21(17-30(25)22-13-18-7-3-4-8-19(18)14-22)29-16-20-11-12-26(32-2)24-10-6-5-9-23(20)24/h3-12,21-22,25,29H,13-17H2,1-2H3,(H,28,31)/t21-,25-/m0/s1. The molecule has 0 bridgehead atoms. The van der Waals surface area contributed by atoms with Gasteiger partial charge < -0.3 is 15.4 Å². The molecule has 2 aliphatic rings. The molecule has 0 unspecified atom stereocenters. The van der Waals surface area contributed by atoms with Crippen molar-refractivity contribution in [2.45, 2.75) is 43.9 Å². The van der Waals surface area contributed by atoms with Gasteiger partial charge in [0.1, 0.15) is 5.75 Å². The summed E-state index contributed by atoms with van der Waals surface area (Å²) in [5.41, 5.74) is 4.10. The molecule has 2 atom stereocenters. The Morgan fingerprint density at radius 1 is 1.00 bits per heavy atom. The number of ether oxygens (including phenoxy) is 1. The minimum atomic E-state index is -0.0792. The molecule has 166 valence electrons. The molecule has 5 nitrogen and oxygen atoms in total. The molecule has 0 radical (unpaired) electrons. The summed E-state index contributed by atoms with van der Waals surface area (Å²) in [4.78, 5) is 15.2. The predicted molar refractivity (Wildman–Crippen MR) is 128 cm³/mol. The zero-order valence-electron chi connectivity index (χ0n) is 18.8. The van der Waals surface area contributed by atoms with E-state index in [1.807, 2.05) is 12.1 Å². The number of benzene rings is 3. The van der Waals surface area contributed by atoms with Gasteiger partial charge in [0.2, 0.25) is 5.91 Å². The first-order valence-electron chi connectivity index (χ1n) is 11.5. The molecule has 0 saturated carbocycles. The number of carbonyl (C=O) groups is 1. The van der Waals surface area contributed by atoms with E-state index < -0.39 is 0 Å². The van der Waals surface area contributed by atoms with Gasteiger partial charge in [-0.2, -0.15) is 0 Å². The summed E-state index contributed by atoms with van der Waals surface area (Å²) in [5, 5.41) is 8.98. The molecule has 1 heterocycles. The van der Waals surface area contributed by atoms with E-state index in [1.165, 1.54) is 22.1 Å². The van der Waals surface area contributed by atoms with Gasteiger partial charge in [0.25, 0.3) is 0 Å². The number of likely N-dealkylation sites (tertiary alicyclic amines) is 1. The summed E-state index contributed by atoms with van der Waals surface area (Å²) >= 11 is 0. The molecule has 0 spiro atoms. The van der Waals surface area contributed by atoms with Crippen molar-refractivity contribution in [2.75, 3.05) is 20.7 Å². The van der Waals surface area contributed by atoms with Crippen LogP contribution in [-0.4, -0.2) is 49.6 Å². The maximum absolute atomic E-state index is 12.7. The topological polar surface area (TPSA) is 53.6 Å². The molecule has 1 aliphatic carbocycles. The highest BCUT2D eigenvalue weighted by Gasteiger charge is 2.41. The van der Waals surface area contributed by atoms with Crippen molar-refractivity contribution in [2.24, 2.45) is 0 Å². The predicted octanol–water partition coefficient (Wildman–Crippen LogP) is 3.29. The Morgan fingerprint density at radius 3 is 2.38 bits per heavy atom. The van der Waals surface area contributed by atoms with Crippen molar-refractivity contribution in [3.8, 4) is 5.75 Å². The molecule has 0 aromatic heterocycles. The van der Waals surface area contributed by atoms with Gasteiger partial charge >= 0.3 is 0 Å². The lowest BCUT2D eigenvalue weighted by molar-refractivity contribution is -0.125. The Kier molecular flexibility index (Phi) is 5.85. The Balaban J connectivity index is 1.31. The zero-order valence-corrected chi connectivity index (χ0v) is 18.8. The summed E-state index contributed by atoms with van der Waals surface area (Å²) < 4.78 is 5.54. The Hall–Kier alpha value is -2.89. The zero-order chi connectivity index (χ0) is 22.1. The van der Waals surface area contributed by atoms with Crippen LogP contribution < -0.4 is 15.4 Å². The highest BCUT2D eigenvalue weighted by molar-refractivity contribution is 5.91. The molecular weight excluding hydrogens is 398 g/mol. The van der Waals surface area contributed by atoms with Crippen molar-refractivity contribution in [3.63, 3.8) is 0 Å². The average molecular weight is 430 g/mol. The van der Waals surface area contributed by atoms with E-state index in [1.54, 1.807) is 14.2 Å². The molecule has 1 fully saturated rings. The molecule has 32 heavy (non-hydrogen) atoms. The van der Waals surface area contributed by atoms with Crippen molar-refractivity contribution >= 4 is 16.7 Å². The first-order valence-corrected chi connectivity index (χ1v) is 11.5. The van der Waals surface area contributed by atoms with Crippen LogP contribution >= 0.6 is 0 Å².